The van der Waals surface area contributed by atoms with Gasteiger partial charge in [0.1, 0.15) is 17.7 Å². The van der Waals surface area contributed by atoms with Gasteiger partial charge >= 0.3 is 6.03 Å². The first-order chi connectivity index (χ1) is 16.2. The summed E-state index contributed by atoms with van der Waals surface area (Å²) >= 11 is 5.84. The number of hydrogen-bond acceptors (Lipinski definition) is 5. The molecule has 4 N–H and O–H groups in total. The van der Waals surface area contributed by atoms with Crippen LogP contribution in [0.25, 0.3) is 0 Å². The SMILES string of the molecule is CN(C)NN=C1C=CC(NC(=O)C(NC(=O)Nc2ccc(Cl)cc2)c2ccccc2F)=C(F)C1. The van der Waals surface area contributed by atoms with Crippen LogP contribution in [0.5, 0.6) is 0 Å². The fraction of sp³-hybridized carbons (Fsp3) is 0.174. The van der Waals surface area contributed by atoms with Crippen molar-refractivity contribution in [2.24, 2.45) is 5.10 Å². The van der Waals surface area contributed by atoms with Crippen molar-refractivity contribution in [1.82, 2.24) is 21.2 Å². The maximum atomic E-state index is 14.6. The number of hydrazone groups is 1. The van der Waals surface area contributed by atoms with Gasteiger partial charge in [0, 0.05) is 36.8 Å². The molecule has 8 nitrogen and oxygen atoms in total. The first-order valence-corrected chi connectivity index (χ1v) is 10.6. The van der Waals surface area contributed by atoms with Crippen LogP contribution in [0.3, 0.4) is 0 Å². The van der Waals surface area contributed by atoms with Crippen molar-refractivity contribution < 1.29 is 18.4 Å². The summed E-state index contributed by atoms with van der Waals surface area (Å²) in [6.07, 6.45) is 2.73. The predicted molar refractivity (Wildman–Crippen MR) is 127 cm³/mol. The Morgan fingerprint density at radius 2 is 1.74 bits per heavy atom. The molecule has 0 saturated heterocycles. The van der Waals surface area contributed by atoms with Gasteiger partial charge in [0.25, 0.3) is 5.91 Å². The zero-order valence-electron chi connectivity index (χ0n) is 18.4. The Morgan fingerprint density at radius 1 is 1.03 bits per heavy atom. The third kappa shape index (κ3) is 6.87. The molecule has 0 radical (unpaired) electrons. The first kappa shape index (κ1) is 24.9. The minimum absolute atomic E-state index is 0.0792. The smallest absolute Gasteiger partial charge is 0.320 e. The van der Waals surface area contributed by atoms with E-state index in [1.165, 1.54) is 30.4 Å². The molecule has 0 spiro atoms. The number of hydrogen-bond donors (Lipinski definition) is 4. The van der Waals surface area contributed by atoms with Gasteiger partial charge in [-0.05, 0) is 42.5 Å². The number of benzene rings is 2. The van der Waals surface area contributed by atoms with Crippen molar-refractivity contribution in [1.29, 1.82) is 0 Å². The lowest BCUT2D eigenvalue weighted by Crippen LogP contribution is -2.42. The molecule has 0 heterocycles. The average molecular weight is 489 g/mol. The maximum absolute atomic E-state index is 14.6. The van der Waals surface area contributed by atoms with Crippen molar-refractivity contribution in [3.63, 3.8) is 0 Å². The highest BCUT2D eigenvalue weighted by molar-refractivity contribution is 6.30. The van der Waals surface area contributed by atoms with Gasteiger partial charge in [-0.25, -0.2) is 24.1 Å². The molecule has 0 fully saturated rings. The minimum atomic E-state index is -1.44. The van der Waals surface area contributed by atoms with Crippen molar-refractivity contribution in [2.75, 3.05) is 19.4 Å². The lowest BCUT2D eigenvalue weighted by Gasteiger charge is -2.21. The molecule has 0 aliphatic heterocycles. The molecule has 2 aromatic rings. The highest BCUT2D eigenvalue weighted by Crippen LogP contribution is 2.21. The summed E-state index contributed by atoms with van der Waals surface area (Å²) in [6.45, 7) is 0. The van der Waals surface area contributed by atoms with Gasteiger partial charge in [-0.2, -0.15) is 5.10 Å². The number of anilines is 1. The van der Waals surface area contributed by atoms with Crippen LogP contribution in [0.4, 0.5) is 19.3 Å². The number of halogens is 3. The van der Waals surface area contributed by atoms with E-state index in [4.69, 9.17) is 11.6 Å². The molecule has 178 valence electrons. The number of amides is 3. The third-order valence-electron chi connectivity index (χ3n) is 4.58. The van der Waals surface area contributed by atoms with Crippen molar-refractivity contribution in [3.8, 4) is 0 Å². The molecule has 1 aliphatic rings. The number of rotatable bonds is 7. The van der Waals surface area contributed by atoms with Crippen molar-refractivity contribution in [3.05, 3.63) is 88.6 Å². The third-order valence-corrected chi connectivity index (χ3v) is 4.83. The van der Waals surface area contributed by atoms with E-state index in [9.17, 15) is 18.4 Å². The summed E-state index contributed by atoms with van der Waals surface area (Å²) in [7, 11) is 3.46. The fourth-order valence-electron chi connectivity index (χ4n) is 2.96. The van der Waals surface area contributed by atoms with Crippen LogP contribution in [0, 0.1) is 5.82 Å². The van der Waals surface area contributed by atoms with Gasteiger partial charge in [-0.1, -0.05) is 29.8 Å². The number of hydrazine groups is 1. The van der Waals surface area contributed by atoms with Crippen molar-refractivity contribution >= 4 is 34.9 Å². The van der Waals surface area contributed by atoms with Crippen LogP contribution >= 0.6 is 11.6 Å². The van der Waals surface area contributed by atoms with E-state index in [2.05, 4.69) is 26.6 Å². The summed E-state index contributed by atoms with van der Waals surface area (Å²) in [5.74, 6) is -2.15. The number of allylic oxidation sites excluding steroid dienone is 3. The minimum Gasteiger partial charge on any atom is -0.322 e. The molecule has 11 heteroatoms. The molecule has 1 unspecified atom stereocenters. The van der Waals surface area contributed by atoms with E-state index >= 15 is 0 Å². The summed E-state index contributed by atoms with van der Waals surface area (Å²) in [5.41, 5.74) is 3.32. The zero-order valence-corrected chi connectivity index (χ0v) is 19.2. The largest absolute Gasteiger partial charge is 0.322 e. The normalized spacial score (nSPS) is 15.3. The molecule has 1 atom stereocenters. The van der Waals surface area contributed by atoms with E-state index < -0.39 is 29.6 Å². The molecule has 34 heavy (non-hydrogen) atoms. The molecule has 3 rings (SSSR count). The Labute approximate surface area is 200 Å². The molecule has 0 bridgehead atoms. The van der Waals surface area contributed by atoms with Gasteiger partial charge in [0.2, 0.25) is 0 Å². The fourth-order valence-corrected chi connectivity index (χ4v) is 3.09. The highest BCUT2D eigenvalue weighted by atomic mass is 35.5. The summed E-state index contributed by atoms with van der Waals surface area (Å²) < 4.78 is 29.1. The lowest BCUT2D eigenvalue weighted by atomic mass is 10.0. The van der Waals surface area contributed by atoms with Gasteiger partial charge in [-0.15, -0.1) is 0 Å². The molecule has 3 amide bonds. The predicted octanol–water partition coefficient (Wildman–Crippen LogP) is 4.02. The maximum Gasteiger partial charge on any atom is 0.320 e. The van der Waals surface area contributed by atoms with Crippen LogP contribution in [0.2, 0.25) is 5.02 Å². The second-order valence-electron chi connectivity index (χ2n) is 7.48. The van der Waals surface area contributed by atoms with Gasteiger partial charge in [0.05, 0.1) is 11.4 Å². The van der Waals surface area contributed by atoms with Gasteiger partial charge < -0.3 is 16.0 Å². The van der Waals surface area contributed by atoms with Crippen molar-refractivity contribution in [2.45, 2.75) is 12.5 Å². The quantitative estimate of drug-likeness (QED) is 0.442. The van der Waals surface area contributed by atoms with E-state index in [0.717, 1.165) is 6.07 Å². The Balaban J connectivity index is 1.76. The summed E-state index contributed by atoms with van der Waals surface area (Å²) in [5, 5.41) is 13.5. The van der Waals surface area contributed by atoms with E-state index in [1.54, 1.807) is 43.4 Å². The van der Waals surface area contributed by atoms with Crippen LogP contribution in [0.15, 0.2) is 77.3 Å². The van der Waals surface area contributed by atoms with Crippen LogP contribution in [-0.2, 0) is 4.79 Å². The average Bonchev–Trinajstić information content (AvgIpc) is 2.79. The Bertz CT molecular complexity index is 1150. The van der Waals surface area contributed by atoms with Gasteiger partial charge in [0.15, 0.2) is 0 Å². The summed E-state index contributed by atoms with van der Waals surface area (Å²) in [4.78, 5) is 25.6. The highest BCUT2D eigenvalue weighted by Gasteiger charge is 2.27. The van der Waals surface area contributed by atoms with Crippen LogP contribution < -0.4 is 21.5 Å². The second kappa shape index (κ2) is 11.4. The van der Waals surface area contributed by atoms with E-state index in [-0.39, 0.29) is 17.7 Å². The van der Waals surface area contributed by atoms with E-state index in [1.807, 2.05) is 0 Å². The van der Waals surface area contributed by atoms with Crippen LogP contribution in [0.1, 0.15) is 18.0 Å². The first-order valence-electron chi connectivity index (χ1n) is 10.2. The number of carbonyl (C=O) groups is 2. The Morgan fingerprint density at radius 3 is 2.38 bits per heavy atom. The zero-order chi connectivity index (χ0) is 24.7. The Kier molecular flexibility index (Phi) is 8.34. The van der Waals surface area contributed by atoms with E-state index in [0.29, 0.717) is 16.4 Å². The second-order valence-corrected chi connectivity index (χ2v) is 7.91. The summed E-state index contributed by atoms with van der Waals surface area (Å²) in [6, 6.07) is 9.60. The van der Waals surface area contributed by atoms with Gasteiger partial charge in [-0.3, -0.25) is 4.79 Å². The lowest BCUT2D eigenvalue weighted by molar-refractivity contribution is -0.122. The Hall–Kier alpha value is -3.76. The van der Waals surface area contributed by atoms with Crippen LogP contribution in [-0.4, -0.2) is 36.8 Å². The molecule has 0 saturated carbocycles. The molecular formula is C23H23ClF2N6O2. The molecule has 2 aromatic carbocycles. The molecule has 1 aliphatic carbocycles. The monoisotopic (exact) mass is 488 g/mol. The standard InChI is InChI=1S/C23H23ClF2N6O2/c1-32(2)31-30-16-11-12-20(19(26)13-16)28-22(33)21(17-5-3-4-6-18(17)25)29-23(34)27-15-9-7-14(24)8-10-15/h3-12,21,31H,13H2,1-2H3,(H,28,33)(H2,27,29,34). The molecule has 0 aromatic heterocycles. The topological polar surface area (TPSA) is 97.9 Å². The number of carbonyl (C=O) groups excluding carboxylic acids is 2. The number of nitrogens with zero attached hydrogens (tertiary/aromatic N) is 2. The number of urea groups is 1. The number of nitrogens with one attached hydrogen (secondary N) is 4. The molecular weight excluding hydrogens is 466 g/mol.